The molecule has 2 aromatic rings. The van der Waals surface area contributed by atoms with E-state index in [0.717, 1.165) is 11.3 Å². The highest BCUT2D eigenvalue weighted by Crippen LogP contribution is 2.22. The first-order valence-corrected chi connectivity index (χ1v) is 8.40. The first-order chi connectivity index (χ1) is 10.4. The van der Waals surface area contributed by atoms with Gasteiger partial charge in [-0.15, -0.1) is 22.9 Å². The highest BCUT2D eigenvalue weighted by atomic mass is 35.5. The summed E-state index contributed by atoms with van der Waals surface area (Å²) in [6.45, 7) is 6.53. The van der Waals surface area contributed by atoms with Crippen LogP contribution in [-0.4, -0.2) is 10.9 Å². The lowest BCUT2D eigenvalue weighted by Gasteiger charge is -2.18. The Kier molecular flexibility index (Phi) is 5.37. The number of hydrogen-bond acceptors (Lipinski definition) is 3. The maximum absolute atomic E-state index is 11.8. The van der Waals surface area contributed by atoms with Gasteiger partial charge in [0.25, 0.3) is 0 Å². The Bertz CT molecular complexity index is 669. The van der Waals surface area contributed by atoms with Crippen LogP contribution in [0.15, 0.2) is 35.7 Å². The zero-order valence-corrected chi connectivity index (χ0v) is 14.5. The normalized spacial score (nSPS) is 11.8. The topological polar surface area (TPSA) is 42.0 Å². The van der Waals surface area contributed by atoms with Crippen LogP contribution in [0.3, 0.4) is 0 Å². The minimum absolute atomic E-state index is 0.130. The van der Waals surface area contributed by atoms with Crippen LogP contribution in [0.25, 0.3) is 6.08 Å². The van der Waals surface area contributed by atoms with Crippen LogP contribution in [-0.2, 0) is 16.1 Å². The van der Waals surface area contributed by atoms with Gasteiger partial charge in [-0.3, -0.25) is 10.1 Å². The van der Waals surface area contributed by atoms with Gasteiger partial charge in [0.1, 0.15) is 0 Å². The smallest absolute Gasteiger partial charge is 0.250 e. The van der Waals surface area contributed by atoms with Crippen molar-refractivity contribution in [1.82, 2.24) is 4.98 Å². The molecule has 1 aromatic heterocycles. The number of rotatable bonds is 4. The van der Waals surface area contributed by atoms with Gasteiger partial charge in [-0.1, -0.05) is 45.0 Å². The van der Waals surface area contributed by atoms with E-state index in [1.165, 1.54) is 23.0 Å². The first-order valence-electron chi connectivity index (χ1n) is 6.98. The van der Waals surface area contributed by atoms with E-state index in [2.05, 4.69) is 43.2 Å². The summed E-state index contributed by atoms with van der Waals surface area (Å²) in [5.74, 6) is 0.151. The molecule has 0 radical (unpaired) electrons. The second-order valence-corrected chi connectivity index (χ2v) is 7.10. The van der Waals surface area contributed by atoms with E-state index in [0.29, 0.717) is 11.0 Å². The fourth-order valence-electron chi connectivity index (χ4n) is 1.84. The summed E-state index contributed by atoms with van der Waals surface area (Å²) in [6, 6.07) is 8.20. The zero-order valence-electron chi connectivity index (χ0n) is 12.9. The molecule has 0 spiro atoms. The lowest BCUT2D eigenvalue weighted by Crippen LogP contribution is -2.10. The Morgan fingerprint density at radius 1 is 1.32 bits per heavy atom. The van der Waals surface area contributed by atoms with Crippen molar-refractivity contribution in [3.8, 4) is 0 Å². The number of hydrogen-bond donors (Lipinski definition) is 1. The summed E-state index contributed by atoms with van der Waals surface area (Å²) in [5.41, 5.74) is 3.16. The molecule has 0 aliphatic carbocycles. The summed E-state index contributed by atoms with van der Waals surface area (Å²) in [5, 5.41) is 5.12. The highest BCUT2D eigenvalue weighted by Gasteiger charge is 2.12. The molecule has 0 atom stereocenters. The molecule has 0 aliphatic heterocycles. The second-order valence-electron chi connectivity index (χ2n) is 5.97. The third-order valence-electron chi connectivity index (χ3n) is 3.12. The average molecular weight is 335 g/mol. The Morgan fingerprint density at radius 2 is 2.00 bits per heavy atom. The van der Waals surface area contributed by atoms with Gasteiger partial charge in [0.05, 0.1) is 11.6 Å². The van der Waals surface area contributed by atoms with Crippen molar-refractivity contribution in [3.63, 3.8) is 0 Å². The predicted molar refractivity (Wildman–Crippen MR) is 94.5 cm³/mol. The summed E-state index contributed by atoms with van der Waals surface area (Å²) in [7, 11) is 0. The maximum atomic E-state index is 11.8. The van der Waals surface area contributed by atoms with Gasteiger partial charge >= 0.3 is 0 Å². The van der Waals surface area contributed by atoms with E-state index in [-0.39, 0.29) is 11.3 Å². The molecule has 1 aromatic carbocycles. The van der Waals surface area contributed by atoms with Crippen LogP contribution in [0.1, 0.15) is 37.6 Å². The molecule has 2 rings (SSSR count). The molecule has 1 amide bonds. The van der Waals surface area contributed by atoms with Crippen molar-refractivity contribution in [3.05, 3.63) is 52.5 Å². The molecule has 0 bridgehead atoms. The number of nitrogens with zero attached hydrogens (tertiary/aromatic N) is 1. The third kappa shape index (κ3) is 4.68. The largest absolute Gasteiger partial charge is 0.298 e. The molecule has 5 heteroatoms. The van der Waals surface area contributed by atoms with Crippen LogP contribution < -0.4 is 5.32 Å². The molecule has 0 unspecified atom stereocenters. The van der Waals surface area contributed by atoms with Gasteiger partial charge in [0, 0.05) is 11.5 Å². The third-order valence-corrected chi connectivity index (χ3v) is 4.20. The van der Waals surface area contributed by atoms with E-state index in [4.69, 9.17) is 11.6 Å². The Labute approximate surface area is 140 Å². The summed E-state index contributed by atoms with van der Waals surface area (Å²) in [6.07, 6.45) is 3.30. The number of halogens is 1. The quantitative estimate of drug-likeness (QED) is 0.642. The van der Waals surface area contributed by atoms with Crippen molar-refractivity contribution in [2.45, 2.75) is 32.1 Å². The van der Waals surface area contributed by atoms with Crippen LogP contribution in [0, 0.1) is 0 Å². The average Bonchev–Trinajstić information content (AvgIpc) is 2.92. The van der Waals surface area contributed by atoms with Gasteiger partial charge in [-0.25, -0.2) is 4.98 Å². The molecular weight excluding hydrogens is 316 g/mol. The van der Waals surface area contributed by atoms with Gasteiger partial charge in [0.2, 0.25) is 5.91 Å². The Morgan fingerprint density at radius 3 is 2.55 bits per heavy atom. The lowest BCUT2D eigenvalue weighted by molar-refractivity contribution is -0.111. The number of anilines is 1. The molecule has 0 saturated heterocycles. The second kappa shape index (κ2) is 7.07. The number of amides is 1. The van der Waals surface area contributed by atoms with E-state index in [1.807, 2.05) is 17.5 Å². The first kappa shape index (κ1) is 16.7. The zero-order chi connectivity index (χ0) is 16.2. The molecule has 1 heterocycles. The fraction of sp³-hybridized carbons (Fsp3) is 0.294. The van der Waals surface area contributed by atoms with Gasteiger partial charge in [-0.05, 0) is 22.6 Å². The summed E-state index contributed by atoms with van der Waals surface area (Å²) < 4.78 is 0. The molecule has 116 valence electrons. The molecule has 1 N–H and O–H groups in total. The number of nitrogens with one attached hydrogen (secondary N) is 1. The number of aromatic nitrogens is 1. The molecule has 0 aliphatic rings. The number of alkyl halides is 1. The van der Waals surface area contributed by atoms with Crippen molar-refractivity contribution in [2.24, 2.45) is 0 Å². The van der Waals surface area contributed by atoms with Crippen molar-refractivity contribution in [2.75, 3.05) is 5.32 Å². The maximum Gasteiger partial charge on any atom is 0.250 e. The Hall–Kier alpha value is -1.65. The SMILES string of the molecule is CC(C)(C)c1ccc(/C=C/C(=O)Nc2nc(CCl)cs2)cc1. The number of benzene rings is 1. The number of carbonyl (C=O) groups excluding carboxylic acids is 1. The minimum Gasteiger partial charge on any atom is -0.298 e. The molecule has 22 heavy (non-hydrogen) atoms. The fourth-order valence-corrected chi connectivity index (χ4v) is 2.78. The van der Waals surface area contributed by atoms with Crippen LogP contribution >= 0.6 is 22.9 Å². The van der Waals surface area contributed by atoms with E-state index in [1.54, 1.807) is 6.08 Å². The molecule has 0 saturated carbocycles. The number of thiazole rings is 1. The van der Waals surface area contributed by atoms with E-state index < -0.39 is 0 Å². The number of carbonyl (C=O) groups is 1. The minimum atomic E-state index is -0.199. The summed E-state index contributed by atoms with van der Waals surface area (Å²) >= 11 is 7.05. The lowest BCUT2D eigenvalue weighted by atomic mass is 9.87. The van der Waals surface area contributed by atoms with Crippen LogP contribution in [0.2, 0.25) is 0 Å². The molecular formula is C17H19ClN2OS. The van der Waals surface area contributed by atoms with Gasteiger partial charge in [0.15, 0.2) is 5.13 Å². The van der Waals surface area contributed by atoms with Crippen LogP contribution in [0.5, 0.6) is 0 Å². The summed E-state index contributed by atoms with van der Waals surface area (Å²) in [4.78, 5) is 16.0. The standard InChI is InChI=1S/C17H19ClN2OS/c1-17(2,3)13-7-4-12(5-8-13)6-9-15(21)20-16-19-14(10-18)11-22-16/h4-9,11H,10H2,1-3H3,(H,19,20,21)/b9-6+. The molecule has 0 fully saturated rings. The van der Waals surface area contributed by atoms with Gasteiger partial charge < -0.3 is 0 Å². The van der Waals surface area contributed by atoms with E-state index in [9.17, 15) is 4.79 Å². The predicted octanol–water partition coefficient (Wildman–Crippen LogP) is 4.83. The monoisotopic (exact) mass is 334 g/mol. The van der Waals surface area contributed by atoms with Crippen LogP contribution in [0.4, 0.5) is 5.13 Å². The highest BCUT2D eigenvalue weighted by molar-refractivity contribution is 7.14. The van der Waals surface area contributed by atoms with Crippen molar-refractivity contribution in [1.29, 1.82) is 0 Å². The van der Waals surface area contributed by atoms with Crippen molar-refractivity contribution >= 4 is 40.1 Å². The molecule has 3 nitrogen and oxygen atoms in total. The van der Waals surface area contributed by atoms with Gasteiger partial charge in [-0.2, -0.15) is 0 Å². The Balaban J connectivity index is 1.97. The van der Waals surface area contributed by atoms with E-state index >= 15 is 0 Å². The van der Waals surface area contributed by atoms with Crippen molar-refractivity contribution < 1.29 is 4.79 Å².